The molecule has 0 fully saturated rings. The van der Waals surface area contributed by atoms with Crippen molar-refractivity contribution in [3.8, 4) is 5.75 Å². The molecule has 0 amide bonds. The molecule has 1 aromatic carbocycles. The fourth-order valence-corrected chi connectivity index (χ4v) is 3.91. The topological polar surface area (TPSA) is 47.9 Å². The summed E-state index contributed by atoms with van der Waals surface area (Å²) < 4.78 is 17.5. The summed E-state index contributed by atoms with van der Waals surface area (Å²) in [5.74, 6) is 0.701. The van der Waals surface area contributed by atoms with Crippen LogP contribution >= 0.6 is 15.9 Å². The predicted molar refractivity (Wildman–Crippen MR) is 113 cm³/mol. The van der Waals surface area contributed by atoms with Crippen LogP contribution in [0.2, 0.25) is 18.1 Å². The predicted octanol–water partition coefficient (Wildman–Crippen LogP) is 6.05. The molecule has 150 valence electrons. The minimum Gasteiger partial charge on any atom is -0.468 e. The van der Waals surface area contributed by atoms with Crippen LogP contribution in [0, 0.1) is 0 Å². The van der Waals surface area contributed by atoms with Gasteiger partial charge in [-0.15, -0.1) is 0 Å². The second-order valence-electron chi connectivity index (χ2n) is 8.21. The van der Waals surface area contributed by atoms with E-state index in [9.17, 15) is 5.11 Å². The van der Waals surface area contributed by atoms with Gasteiger partial charge in [-0.2, -0.15) is 0 Å². The first kappa shape index (κ1) is 23.6. The zero-order valence-electron chi connectivity index (χ0n) is 17.1. The lowest BCUT2D eigenvalue weighted by Gasteiger charge is -2.36. The Kier molecular flexibility index (Phi) is 9.83. The largest absolute Gasteiger partial charge is 0.468 e. The first-order valence-corrected chi connectivity index (χ1v) is 13.0. The van der Waals surface area contributed by atoms with Gasteiger partial charge in [0.05, 0.1) is 6.10 Å². The summed E-state index contributed by atoms with van der Waals surface area (Å²) in [6.07, 6.45) is 3.29. The fourth-order valence-electron chi connectivity index (χ4n) is 2.31. The highest BCUT2D eigenvalue weighted by Gasteiger charge is 2.36. The van der Waals surface area contributed by atoms with Crippen molar-refractivity contribution in [3.05, 3.63) is 28.2 Å². The van der Waals surface area contributed by atoms with Crippen molar-refractivity contribution >= 4 is 24.2 Å². The van der Waals surface area contributed by atoms with Gasteiger partial charge in [0.1, 0.15) is 5.75 Å². The number of benzene rings is 1. The number of aliphatic hydroxyl groups is 1. The van der Waals surface area contributed by atoms with Crippen molar-refractivity contribution < 1.29 is 19.0 Å². The third-order valence-corrected chi connectivity index (χ3v) is 10.3. The van der Waals surface area contributed by atoms with Crippen molar-refractivity contribution in [1.29, 1.82) is 0 Å². The lowest BCUT2D eigenvalue weighted by Crippen LogP contribution is -2.40. The van der Waals surface area contributed by atoms with Gasteiger partial charge in [-0.1, -0.05) is 49.5 Å². The molecule has 1 aromatic rings. The normalized spacial score (nSPS) is 13.7. The molecule has 0 aliphatic heterocycles. The van der Waals surface area contributed by atoms with E-state index >= 15 is 0 Å². The zero-order valence-corrected chi connectivity index (χ0v) is 19.7. The molecule has 1 rings (SSSR count). The highest BCUT2D eigenvalue weighted by Crippen LogP contribution is 2.36. The van der Waals surface area contributed by atoms with Gasteiger partial charge in [0.2, 0.25) is 0 Å². The molecule has 0 bridgehead atoms. The van der Waals surface area contributed by atoms with E-state index in [-0.39, 0.29) is 11.8 Å². The van der Waals surface area contributed by atoms with Crippen LogP contribution in [0.15, 0.2) is 22.7 Å². The van der Waals surface area contributed by atoms with Gasteiger partial charge >= 0.3 is 0 Å². The van der Waals surface area contributed by atoms with E-state index in [1.165, 1.54) is 0 Å². The molecular weight excluding hydrogens is 412 g/mol. The Hall–Kier alpha value is -0.403. The highest BCUT2D eigenvalue weighted by molar-refractivity contribution is 9.10. The molecule has 0 saturated heterocycles. The molecule has 1 N–H and O–H groups in total. The monoisotopic (exact) mass is 446 g/mol. The van der Waals surface area contributed by atoms with E-state index in [0.29, 0.717) is 5.75 Å². The molecule has 0 spiro atoms. The van der Waals surface area contributed by atoms with Crippen LogP contribution in [0.5, 0.6) is 5.75 Å². The third-order valence-electron chi connectivity index (χ3n) is 5.06. The Balaban J connectivity index is 2.37. The Morgan fingerprint density at radius 1 is 1.15 bits per heavy atom. The Labute approximate surface area is 168 Å². The van der Waals surface area contributed by atoms with Crippen LogP contribution in [0.25, 0.3) is 0 Å². The number of ether oxygens (including phenoxy) is 2. The van der Waals surface area contributed by atoms with Gasteiger partial charge in [-0.05, 0) is 54.7 Å². The first-order chi connectivity index (χ1) is 12.1. The van der Waals surface area contributed by atoms with Gasteiger partial charge < -0.3 is 19.0 Å². The minimum absolute atomic E-state index is 0.200. The number of hydrogen-bond acceptors (Lipinski definition) is 4. The fraction of sp³-hybridized carbons (Fsp3) is 0.700. The third kappa shape index (κ3) is 7.68. The molecule has 0 aromatic heterocycles. The van der Waals surface area contributed by atoms with Crippen LogP contribution in [0.4, 0.5) is 0 Å². The van der Waals surface area contributed by atoms with Crippen molar-refractivity contribution in [1.82, 2.24) is 0 Å². The summed E-state index contributed by atoms with van der Waals surface area (Å²) in [6, 6.07) is 5.63. The van der Waals surface area contributed by atoms with E-state index < -0.39 is 14.4 Å². The average molecular weight is 447 g/mol. The van der Waals surface area contributed by atoms with E-state index in [0.717, 1.165) is 42.3 Å². The summed E-state index contributed by atoms with van der Waals surface area (Å²) in [4.78, 5) is 0. The number of halogens is 1. The number of unbranched alkanes of at least 4 members (excludes halogenated alkanes) is 2. The molecule has 0 aliphatic rings. The number of rotatable bonds is 11. The van der Waals surface area contributed by atoms with E-state index in [1.807, 2.05) is 18.2 Å². The quantitative estimate of drug-likeness (QED) is 0.255. The van der Waals surface area contributed by atoms with Crippen LogP contribution in [-0.4, -0.2) is 33.9 Å². The molecule has 1 unspecified atom stereocenters. The van der Waals surface area contributed by atoms with Gasteiger partial charge in [0.15, 0.2) is 15.1 Å². The van der Waals surface area contributed by atoms with E-state index in [1.54, 1.807) is 7.11 Å². The second kappa shape index (κ2) is 10.8. The molecular formula is C20H35BrO4Si. The van der Waals surface area contributed by atoms with Crippen molar-refractivity contribution in [2.45, 2.75) is 70.7 Å². The zero-order chi connectivity index (χ0) is 19.8. The molecule has 0 radical (unpaired) electrons. The highest BCUT2D eigenvalue weighted by atomic mass is 79.9. The van der Waals surface area contributed by atoms with E-state index in [2.05, 4.69) is 49.8 Å². The van der Waals surface area contributed by atoms with Gasteiger partial charge in [-0.25, -0.2) is 0 Å². The molecule has 4 nitrogen and oxygen atoms in total. The Morgan fingerprint density at radius 2 is 1.85 bits per heavy atom. The molecule has 0 aliphatic carbocycles. The summed E-state index contributed by atoms with van der Waals surface area (Å²) >= 11 is 3.51. The average Bonchev–Trinajstić information content (AvgIpc) is 2.55. The molecule has 6 heteroatoms. The lowest BCUT2D eigenvalue weighted by molar-refractivity contribution is 0.0508. The van der Waals surface area contributed by atoms with Crippen LogP contribution < -0.4 is 4.74 Å². The smallest absolute Gasteiger partial charge is 0.191 e. The molecule has 26 heavy (non-hydrogen) atoms. The Morgan fingerprint density at radius 3 is 2.46 bits per heavy atom. The van der Waals surface area contributed by atoms with E-state index in [4.69, 9.17) is 13.9 Å². The minimum atomic E-state index is -1.64. The first-order valence-electron chi connectivity index (χ1n) is 9.31. The maximum atomic E-state index is 10.5. The van der Waals surface area contributed by atoms with Crippen molar-refractivity contribution in [3.63, 3.8) is 0 Å². The molecule has 1 atom stereocenters. The van der Waals surface area contributed by atoms with Gasteiger partial charge in [0.25, 0.3) is 0 Å². The lowest BCUT2D eigenvalue weighted by atomic mass is 10.0. The number of aliphatic hydroxyl groups excluding tert-OH is 1. The summed E-state index contributed by atoms with van der Waals surface area (Å²) in [6.45, 7) is 12.4. The molecule has 0 saturated carbocycles. The van der Waals surface area contributed by atoms with Gasteiger partial charge in [-0.3, -0.25) is 0 Å². The van der Waals surface area contributed by atoms with Gasteiger partial charge in [0, 0.05) is 18.2 Å². The van der Waals surface area contributed by atoms with Crippen molar-refractivity contribution in [2.75, 3.05) is 20.5 Å². The van der Waals surface area contributed by atoms with Crippen molar-refractivity contribution in [2.24, 2.45) is 0 Å². The summed E-state index contributed by atoms with van der Waals surface area (Å²) in [7, 11) is -0.0575. The number of hydrogen-bond donors (Lipinski definition) is 1. The summed E-state index contributed by atoms with van der Waals surface area (Å²) in [5, 5.41) is 10.8. The second-order valence-corrected chi connectivity index (χ2v) is 13.9. The van der Waals surface area contributed by atoms with Crippen LogP contribution in [0.3, 0.4) is 0 Å². The van der Waals surface area contributed by atoms with Crippen LogP contribution in [-0.2, 0) is 9.16 Å². The maximum Gasteiger partial charge on any atom is 0.191 e. The Bertz CT molecular complexity index is 543. The number of methoxy groups -OCH3 is 1. The summed E-state index contributed by atoms with van der Waals surface area (Å²) in [5.41, 5.74) is 0.858. The molecule has 0 heterocycles. The standard InChI is InChI=1S/C20H35BrO4Si/c1-20(2,3)26(5,6)25-13-9-7-8-10-19(22)17-14-16(24-15-23-4)11-12-18(17)21/h11-12,14,19,22H,7-10,13,15H2,1-6H3. The van der Waals surface area contributed by atoms with Crippen LogP contribution in [0.1, 0.15) is 58.1 Å². The maximum absolute atomic E-state index is 10.5. The SMILES string of the molecule is COCOc1ccc(Br)c(C(O)CCCCCO[Si](C)(C)C(C)(C)C)c1.